The fraction of sp³-hybridized carbons (Fsp3) is 0.900. The first kappa shape index (κ1) is 11.2. The minimum Gasteiger partial charge on any atom is -0.392 e. The molecule has 4 nitrogen and oxygen atoms in total. The number of nitrogens with one attached hydrogen (secondary N) is 2. The summed E-state index contributed by atoms with van der Waals surface area (Å²) in [7, 11) is 0. The molecule has 5 heteroatoms. The van der Waals surface area contributed by atoms with E-state index in [4.69, 9.17) is 0 Å². The predicted molar refractivity (Wildman–Crippen MR) is 60.9 cm³/mol. The summed E-state index contributed by atoms with van der Waals surface area (Å²) in [5.41, 5.74) is 0. The monoisotopic (exact) mass is 230 g/mol. The third-order valence-electron chi connectivity index (χ3n) is 3.01. The first-order valence-electron chi connectivity index (χ1n) is 5.52. The van der Waals surface area contributed by atoms with Crippen LogP contribution in [0, 0.1) is 5.92 Å². The Hall–Kier alpha value is -0.260. The summed E-state index contributed by atoms with van der Waals surface area (Å²) in [5, 5.41) is 15.3. The summed E-state index contributed by atoms with van der Waals surface area (Å²) in [4.78, 5) is 11.7. The van der Waals surface area contributed by atoms with Crippen molar-refractivity contribution in [3.05, 3.63) is 0 Å². The molecule has 0 aromatic rings. The van der Waals surface area contributed by atoms with Crippen LogP contribution in [0.3, 0.4) is 0 Å². The molecule has 86 valence electrons. The molecule has 0 radical (unpaired) electrons. The lowest BCUT2D eigenvalue weighted by molar-refractivity contribution is -0.123. The van der Waals surface area contributed by atoms with Gasteiger partial charge in [-0.2, -0.15) is 11.8 Å². The van der Waals surface area contributed by atoms with Gasteiger partial charge in [0.1, 0.15) is 0 Å². The second-order valence-corrected chi connectivity index (χ2v) is 5.47. The number of hydrogen-bond acceptors (Lipinski definition) is 4. The van der Waals surface area contributed by atoms with Crippen molar-refractivity contribution in [3.63, 3.8) is 0 Å². The molecule has 1 amide bonds. The smallest absolute Gasteiger partial charge is 0.237 e. The molecule has 3 atom stereocenters. The Morgan fingerprint density at radius 3 is 3.07 bits per heavy atom. The van der Waals surface area contributed by atoms with Gasteiger partial charge in [0, 0.05) is 13.1 Å². The lowest BCUT2D eigenvalue weighted by atomic mass is 10.1. The van der Waals surface area contributed by atoms with E-state index in [-0.39, 0.29) is 18.1 Å². The molecular formula is C10H18N2O2S. The lowest BCUT2D eigenvalue weighted by Gasteiger charge is -2.13. The van der Waals surface area contributed by atoms with Gasteiger partial charge in [-0.15, -0.1) is 0 Å². The molecule has 2 saturated heterocycles. The summed E-state index contributed by atoms with van der Waals surface area (Å²) in [6.45, 7) is 1.33. The van der Waals surface area contributed by atoms with Crippen molar-refractivity contribution in [2.45, 2.75) is 25.0 Å². The topological polar surface area (TPSA) is 61.4 Å². The molecule has 2 aliphatic heterocycles. The van der Waals surface area contributed by atoms with Crippen LogP contribution in [0.4, 0.5) is 0 Å². The maximum absolute atomic E-state index is 11.7. The van der Waals surface area contributed by atoms with E-state index in [2.05, 4.69) is 10.6 Å². The van der Waals surface area contributed by atoms with E-state index < -0.39 is 0 Å². The van der Waals surface area contributed by atoms with Crippen LogP contribution < -0.4 is 10.6 Å². The zero-order valence-corrected chi connectivity index (χ0v) is 9.55. The van der Waals surface area contributed by atoms with Crippen molar-refractivity contribution < 1.29 is 9.90 Å². The SMILES string of the molecule is O=C(NCC1CCSC1)C1CC(O)CN1. The van der Waals surface area contributed by atoms with Gasteiger partial charge in [-0.3, -0.25) is 4.79 Å². The molecule has 0 aliphatic carbocycles. The highest BCUT2D eigenvalue weighted by atomic mass is 32.2. The highest BCUT2D eigenvalue weighted by Crippen LogP contribution is 2.22. The van der Waals surface area contributed by atoms with E-state index in [1.807, 2.05) is 11.8 Å². The molecule has 0 aromatic carbocycles. The van der Waals surface area contributed by atoms with E-state index in [0.29, 0.717) is 18.9 Å². The number of carbonyl (C=O) groups is 1. The normalized spacial score (nSPS) is 35.7. The standard InChI is InChI=1S/C10H18N2O2S/c13-8-3-9(11-5-8)10(14)12-4-7-1-2-15-6-7/h7-9,11,13H,1-6H2,(H,12,14). The van der Waals surface area contributed by atoms with Crippen molar-refractivity contribution in [2.75, 3.05) is 24.6 Å². The number of carbonyl (C=O) groups excluding carboxylic acids is 1. The minimum absolute atomic E-state index is 0.0449. The minimum atomic E-state index is -0.359. The van der Waals surface area contributed by atoms with Gasteiger partial charge in [0.2, 0.25) is 5.91 Å². The third-order valence-corrected chi connectivity index (χ3v) is 4.24. The van der Waals surface area contributed by atoms with Crippen molar-refractivity contribution >= 4 is 17.7 Å². The number of aliphatic hydroxyl groups excluding tert-OH is 1. The molecule has 0 aromatic heterocycles. The van der Waals surface area contributed by atoms with Crippen molar-refractivity contribution in [1.29, 1.82) is 0 Å². The Balaban J connectivity index is 1.67. The molecule has 3 unspecified atom stereocenters. The Bertz CT molecular complexity index is 231. The van der Waals surface area contributed by atoms with Gasteiger partial charge in [-0.25, -0.2) is 0 Å². The average Bonchev–Trinajstić information content (AvgIpc) is 2.84. The van der Waals surface area contributed by atoms with Gasteiger partial charge in [-0.05, 0) is 30.3 Å². The van der Waals surface area contributed by atoms with Gasteiger partial charge in [0.05, 0.1) is 12.1 Å². The van der Waals surface area contributed by atoms with Gasteiger partial charge in [0.15, 0.2) is 0 Å². The van der Waals surface area contributed by atoms with Gasteiger partial charge < -0.3 is 15.7 Å². The number of aliphatic hydroxyl groups is 1. The van der Waals surface area contributed by atoms with Gasteiger partial charge in [-0.1, -0.05) is 0 Å². The molecule has 2 rings (SSSR count). The van der Waals surface area contributed by atoms with Crippen molar-refractivity contribution in [2.24, 2.45) is 5.92 Å². The highest BCUT2D eigenvalue weighted by Gasteiger charge is 2.28. The number of rotatable bonds is 3. The van der Waals surface area contributed by atoms with E-state index >= 15 is 0 Å². The van der Waals surface area contributed by atoms with E-state index in [9.17, 15) is 9.90 Å². The van der Waals surface area contributed by atoms with Crippen LogP contribution >= 0.6 is 11.8 Å². The summed E-state index contributed by atoms with van der Waals surface area (Å²) in [6.07, 6.45) is 1.40. The fourth-order valence-electron chi connectivity index (χ4n) is 2.03. The molecule has 0 bridgehead atoms. The number of hydrogen-bond donors (Lipinski definition) is 3. The first-order valence-corrected chi connectivity index (χ1v) is 6.68. The van der Waals surface area contributed by atoms with Crippen molar-refractivity contribution in [3.8, 4) is 0 Å². The molecule has 0 saturated carbocycles. The predicted octanol–water partition coefficient (Wildman–Crippen LogP) is -0.421. The third kappa shape index (κ3) is 3.09. The first-order chi connectivity index (χ1) is 7.25. The van der Waals surface area contributed by atoms with Gasteiger partial charge >= 0.3 is 0 Å². The second kappa shape index (κ2) is 5.18. The van der Waals surface area contributed by atoms with E-state index in [1.54, 1.807) is 0 Å². The van der Waals surface area contributed by atoms with Crippen LogP contribution in [0.2, 0.25) is 0 Å². The Morgan fingerprint density at radius 2 is 2.47 bits per heavy atom. The summed E-state index contributed by atoms with van der Waals surface area (Å²) < 4.78 is 0. The maximum Gasteiger partial charge on any atom is 0.237 e. The summed E-state index contributed by atoms with van der Waals surface area (Å²) in [5.74, 6) is 3.08. The van der Waals surface area contributed by atoms with Crippen LogP contribution in [0.5, 0.6) is 0 Å². The number of amides is 1. The van der Waals surface area contributed by atoms with E-state index in [1.165, 1.54) is 17.9 Å². The van der Waals surface area contributed by atoms with E-state index in [0.717, 1.165) is 6.54 Å². The molecule has 0 spiro atoms. The summed E-state index contributed by atoms with van der Waals surface area (Å²) >= 11 is 1.96. The quantitative estimate of drug-likeness (QED) is 0.616. The van der Waals surface area contributed by atoms with Crippen LogP contribution in [0.1, 0.15) is 12.8 Å². The highest BCUT2D eigenvalue weighted by molar-refractivity contribution is 7.99. The molecular weight excluding hydrogens is 212 g/mol. The van der Waals surface area contributed by atoms with Crippen LogP contribution in [0.25, 0.3) is 0 Å². The Morgan fingerprint density at radius 1 is 1.60 bits per heavy atom. The average molecular weight is 230 g/mol. The zero-order valence-electron chi connectivity index (χ0n) is 8.74. The molecule has 3 N–H and O–H groups in total. The van der Waals surface area contributed by atoms with Crippen molar-refractivity contribution in [1.82, 2.24) is 10.6 Å². The van der Waals surface area contributed by atoms with Crippen LogP contribution in [0.15, 0.2) is 0 Å². The maximum atomic E-state index is 11.7. The summed E-state index contributed by atoms with van der Waals surface area (Å²) in [6, 6.07) is -0.186. The molecule has 2 aliphatic rings. The van der Waals surface area contributed by atoms with Crippen LogP contribution in [-0.2, 0) is 4.79 Å². The molecule has 2 fully saturated rings. The zero-order chi connectivity index (χ0) is 10.7. The second-order valence-electron chi connectivity index (χ2n) is 4.33. The Kier molecular flexibility index (Phi) is 3.88. The fourth-order valence-corrected chi connectivity index (χ4v) is 3.31. The lowest BCUT2D eigenvalue weighted by Crippen LogP contribution is -2.42. The van der Waals surface area contributed by atoms with Crippen LogP contribution in [-0.4, -0.2) is 47.8 Å². The molecule has 2 heterocycles. The Labute approximate surface area is 94.2 Å². The largest absolute Gasteiger partial charge is 0.392 e. The van der Waals surface area contributed by atoms with Gasteiger partial charge in [0.25, 0.3) is 0 Å². The molecule has 15 heavy (non-hydrogen) atoms. The number of thioether (sulfide) groups is 1. The number of β-amino-alcohol motifs (C(OH)–C–C–N with tert-alkyl or cyclic N) is 1.